The van der Waals surface area contributed by atoms with Crippen LogP contribution in [-0.2, 0) is 0 Å². The molecule has 0 aliphatic rings. The van der Waals surface area contributed by atoms with Crippen molar-refractivity contribution in [3.05, 3.63) is 28.4 Å². The lowest BCUT2D eigenvalue weighted by Gasteiger charge is -2.05. The zero-order valence-electron chi connectivity index (χ0n) is 8.21. The van der Waals surface area contributed by atoms with E-state index in [0.29, 0.717) is 0 Å². The molecule has 1 heterocycles. The number of nitrogens with one attached hydrogen (secondary N) is 2. The molecule has 1 rings (SSSR count). The molecule has 3 N–H and O–H groups in total. The van der Waals surface area contributed by atoms with Crippen molar-refractivity contribution in [2.75, 3.05) is 18.4 Å². The predicted molar refractivity (Wildman–Crippen MR) is 55.4 cm³/mol. The Morgan fingerprint density at radius 1 is 1.56 bits per heavy atom. The second kappa shape index (κ2) is 5.49. The zero-order valence-corrected chi connectivity index (χ0v) is 8.21. The number of rotatable bonds is 5. The number of pyridine rings is 1. The van der Waals surface area contributed by atoms with Gasteiger partial charge in [-0.3, -0.25) is 10.1 Å². The maximum Gasteiger partial charge on any atom is 0.404 e. The molecule has 0 aliphatic heterocycles. The van der Waals surface area contributed by atoms with Crippen molar-refractivity contribution in [2.24, 2.45) is 0 Å². The number of nitrogens with zero attached hydrogens (tertiary/aromatic N) is 2. The second-order valence-corrected chi connectivity index (χ2v) is 2.79. The van der Waals surface area contributed by atoms with E-state index in [1.54, 1.807) is 0 Å². The Morgan fingerprint density at radius 2 is 2.31 bits per heavy atom. The number of hydrogen-bond donors (Lipinski definition) is 3. The Kier molecular flexibility index (Phi) is 4.01. The molecular weight excluding hydrogens is 216 g/mol. The summed E-state index contributed by atoms with van der Waals surface area (Å²) in [7, 11) is 0. The normalized spacial score (nSPS) is 9.50. The molecule has 8 nitrogen and oxygen atoms in total. The maximum absolute atomic E-state index is 10.6. The second-order valence-electron chi connectivity index (χ2n) is 2.79. The highest BCUT2D eigenvalue weighted by molar-refractivity contribution is 5.64. The molecule has 1 aromatic rings. The lowest BCUT2D eigenvalue weighted by Crippen LogP contribution is -2.27. The third-order valence-corrected chi connectivity index (χ3v) is 1.68. The highest BCUT2D eigenvalue weighted by Crippen LogP contribution is 2.19. The Hall–Kier alpha value is -2.38. The molecule has 0 fully saturated rings. The van der Waals surface area contributed by atoms with E-state index >= 15 is 0 Å². The fraction of sp³-hybridized carbons (Fsp3) is 0.250. The Balaban J connectivity index is 2.53. The predicted octanol–water partition coefficient (Wildman–Crippen LogP) is 0.669. The van der Waals surface area contributed by atoms with Crippen LogP contribution in [0.3, 0.4) is 0 Å². The van der Waals surface area contributed by atoms with Crippen LogP contribution in [0.4, 0.5) is 16.3 Å². The topological polar surface area (TPSA) is 117 Å². The molecule has 16 heavy (non-hydrogen) atoms. The summed E-state index contributed by atoms with van der Waals surface area (Å²) < 4.78 is 0. The number of carboxylic acid groups (broad SMARTS) is 1. The average Bonchev–Trinajstić information content (AvgIpc) is 2.24. The smallest absolute Gasteiger partial charge is 0.404 e. The summed E-state index contributed by atoms with van der Waals surface area (Å²) in [4.78, 5) is 23.9. The molecule has 8 heteroatoms. The summed E-state index contributed by atoms with van der Waals surface area (Å²) in [5.41, 5.74) is -0.141. The third kappa shape index (κ3) is 3.40. The summed E-state index contributed by atoms with van der Waals surface area (Å²) in [6.45, 7) is 0.368. The van der Waals surface area contributed by atoms with Crippen LogP contribution in [0.2, 0.25) is 0 Å². The van der Waals surface area contributed by atoms with Crippen molar-refractivity contribution in [1.82, 2.24) is 10.3 Å². The number of hydrogen-bond acceptors (Lipinski definition) is 5. The first-order chi connectivity index (χ1) is 7.61. The largest absolute Gasteiger partial charge is 0.465 e. The van der Waals surface area contributed by atoms with Crippen molar-refractivity contribution < 1.29 is 14.8 Å². The number of aromatic nitrogens is 1. The molecular formula is C8H10N4O4. The van der Waals surface area contributed by atoms with Crippen LogP contribution >= 0.6 is 0 Å². The zero-order chi connectivity index (χ0) is 12.0. The van der Waals surface area contributed by atoms with Gasteiger partial charge in [-0.15, -0.1) is 0 Å². The van der Waals surface area contributed by atoms with Gasteiger partial charge in [0.1, 0.15) is 0 Å². The van der Waals surface area contributed by atoms with Crippen LogP contribution < -0.4 is 10.6 Å². The Morgan fingerprint density at radius 3 is 2.94 bits per heavy atom. The first-order valence-corrected chi connectivity index (χ1v) is 4.41. The molecule has 1 amide bonds. The number of amides is 1. The molecule has 1 aromatic heterocycles. The van der Waals surface area contributed by atoms with E-state index in [1.807, 2.05) is 0 Å². The SMILES string of the molecule is O=C(O)NCCNc1ncccc1[N+](=O)[O-]. The lowest BCUT2D eigenvalue weighted by atomic mass is 10.4. The third-order valence-electron chi connectivity index (χ3n) is 1.68. The minimum atomic E-state index is -1.14. The van der Waals surface area contributed by atoms with Gasteiger partial charge in [-0.1, -0.05) is 0 Å². The minimum Gasteiger partial charge on any atom is -0.465 e. The molecule has 0 aliphatic carbocycles. The van der Waals surface area contributed by atoms with Gasteiger partial charge < -0.3 is 15.7 Å². The van der Waals surface area contributed by atoms with Crippen LogP contribution in [0, 0.1) is 10.1 Å². The minimum absolute atomic E-state index is 0.125. The van der Waals surface area contributed by atoms with Crippen molar-refractivity contribution in [3.8, 4) is 0 Å². The lowest BCUT2D eigenvalue weighted by molar-refractivity contribution is -0.384. The van der Waals surface area contributed by atoms with Gasteiger partial charge in [0.15, 0.2) is 0 Å². The fourth-order valence-electron chi connectivity index (χ4n) is 1.03. The van der Waals surface area contributed by atoms with Crippen molar-refractivity contribution in [2.45, 2.75) is 0 Å². The first kappa shape index (κ1) is 11.7. The van der Waals surface area contributed by atoms with E-state index < -0.39 is 11.0 Å². The quantitative estimate of drug-likeness (QED) is 0.386. The van der Waals surface area contributed by atoms with Gasteiger partial charge in [0.25, 0.3) is 0 Å². The van der Waals surface area contributed by atoms with Gasteiger partial charge in [0, 0.05) is 25.4 Å². The fourth-order valence-corrected chi connectivity index (χ4v) is 1.03. The first-order valence-electron chi connectivity index (χ1n) is 4.41. The van der Waals surface area contributed by atoms with Crippen molar-refractivity contribution in [3.63, 3.8) is 0 Å². The van der Waals surface area contributed by atoms with Gasteiger partial charge in [-0.25, -0.2) is 9.78 Å². The Bertz CT molecular complexity index is 395. The average molecular weight is 226 g/mol. The van der Waals surface area contributed by atoms with Gasteiger partial charge in [-0.2, -0.15) is 0 Å². The number of carbonyl (C=O) groups is 1. The Labute approximate surface area is 90.5 Å². The number of nitro groups is 1. The van der Waals surface area contributed by atoms with Crippen LogP contribution in [-0.4, -0.2) is 34.2 Å². The molecule has 0 aromatic carbocycles. The van der Waals surface area contributed by atoms with Gasteiger partial charge in [0.2, 0.25) is 5.82 Å². The molecule has 0 atom stereocenters. The monoisotopic (exact) mass is 226 g/mol. The van der Waals surface area contributed by atoms with Crippen LogP contribution in [0.1, 0.15) is 0 Å². The summed E-state index contributed by atoms with van der Waals surface area (Å²) in [5.74, 6) is 0.125. The maximum atomic E-state index is 10.6. The van der Waals surface area contributed by atoms with Crippen LogP contribution in [0.25, 0.3) is 0 Å². The molecule has 0 radical (unpaired) electrons. The van der Waals surface area contributed by atoms with E-state index in [4.69, 9.17) is 5.11 Å². The van der Waals surface area contributed by atoms with Crippen LogP contribution in [0.5, 0.6) is 0 Å². The van der Waals surface area contributed by atoms with Crippen LogP contribution in [0.15, 0.2) is 18.3 Å². The van der Waals surface area contributed by atoms with E-state index in [9.17, 15) is 14.9 Å². The van der Waals surface area contributed by atoms with Crippen molar-refractivity contribution in [1.29, 1.82) is 0 Å². The molecule has 0 unspecified atom stereocenters. The van der Waals surface area contributed by atoms with Crippen molar-refractivity contribution >= 4 is 17.6 Å². The van der Waals surface area contributed by atoms with Gasteiger partial charge in [-0.05, 0) is 6.07 Å². The standard InChI is InChI=1S/C8H10N4O4/c13-8(14)11-5-4-10-7-6(12(15)16)2-1-3-9-7/h1-3,11H,4-5H2,(H,9,10)(H,13,14). The van der Waals surface area contributed by atoms with Gasteiger partial charge >= 0.3 is 11.8 Å². The molecule has 0 bridgehead atoms. The van der Waals surface area contributed by atoms with E-state index in [0.717, 1.165) is 0 Å². The molecule has 0 saturated heterocycles. The molecule has 0 saturated carbocycles. The van der Waals surface area contributed by atoms with E-state index in [-0.39, 0.29) is 24.6 Å². The van der Waals surface area contributed by atoms with E-state index in [2.05, 4.69) is 15.6 Å². The highest BCUT2D eigenvalue weighted by atomic mass is 16.6. The summed E-state index contributed by atoms with van der Waals surface area (Å²) in [5, 5.41) is 23.7. The summed E-state index contributed by atoms with van der Waals surface area (Å²) in [6.07, 6.45) is 0.275. The van der Waals surface area contributed by atoms with Gasteiger partial charge in [0.05, 0.1) is 4.92 Å². The number of anilines is 1. The van der Waals surface area contributed by atoms with E-state index in [1.165, 1.54) is 18.3 Å². The molecule has 0 spiro atoms. The highest BCUT2D eigenvalue weighted by Gasteiger charge is 2.12. The summed E-state index contributed by atoms with van der Waals surface area (Å²) in [6, 6.07) is 2.78. The summed E-state index contributed by atoms with van der Waals surface area (Å²) >= 11 is 0. The molecule has 86 valence electrons.